The third-order valence-corrected chi connectivity index (χ3v) is 3.23. The van der Waals surface area contributed by atoms with Crippen LogP contribution in [0.1, 0.15) is 40.4 Å². The van der Waals surface area contributed by atoms with Crippen LogP contribution in [0.3, 0.4) is 0 Å². The van der Waals surface area contributed by atoms with Gasteiger partial charge in [0.05, 0.1) is 0 Å². The summed E-state index contributed by atoms with van der Waals surface area (Å²) in [6, 6.07) is 14.6. The normalized spacial score (nSPS) is 10.4. The van der Waals surface area contributed by atoms with Crippen molar-refractivity contribution in [3.63, 3.8) is 0 Å². The molecule has 1 heterocycles. The molecule has 120 valence electrons. The second-order valence-corrected chi connectivity index (χ2v) is 5.68. The Kier molecular flexibility index (Phi) is 5.46. The lowest BCUT2D eigenvalue weighted by Gasteiger charge is -2.17. The van der Waals surface area contributed by atoms with Gasteiger partial charge in [-0.3, -0.25) is 9.59 Å². The van der Waals surface area contributed by atoms with Gasteiger partial charge in [-0.2, -0.15) is 0 Å². The predicted octanol–water partition coefficient (Wildman–Crippen LogP) is 2.49. The first-order valence-corrected chi connectivity index (χ1v) is 7.54. The largest absolute Gasteiger partial charge is 0.349 e. The van der Waals surface area contributed by atoms with E-state index in [-0.39, 0.29) is 29.2 Å². The third kappa shape index (κ3) is 4.64. The van der Waals surface area contributed by atoms with Crippen LogP contribution in [0.2, 0.25) is 0 Å². The van der Waals surface area contributed by atoms with E-state index in [0.29, 0.717) is 6.54 Å². The van der Waals surface area contributed by atoms with Gasteiger partial charge in [-0.1, -0.05) is 36.4 Å². The topological polar surface area (TPSA) is 62.3 Å². The highest BCUT2D eigenvalue weighted by atomic mass is 16.2. The number of pyridine rings is 1. The van der Waals surface area contributed by atoms with Crippen LogP contribution in [0.25, 0.3) is 0 Å². The Morgan fingerprint density at radius 1 is 1.04 bits per heavy atom. The SMILES string of the molecule is CC(C)NC(=O)c1cccc(C(=O)N(C)Cc2ccccc2)n1. The molecule has 0 aliphatic rings. The van der Waals surface area contributed by atoms with Crippen LogP contribution in [0.5, 0.6) is 0 Å². The van der Waals surface area contributed by atoms with Gasteiger partial charge in [-0.05, 0) is 31.5 Å². The lowest BCUT2D eigenvalue weighted by Crippen LogP contribution is -2.32. The van der Waals surface area contributed by atoms with Gasteiger partial charge in [0.2, 0.25) is 0 Å². The molecule has 0 spiro atoms. The number of nitrogens with zero attached hydrogens (tertiary/aromatic N) is 2. The van der Waals surface area contributed by atoms with Gasteiger partial charge in [0.15, 0.2) is 0 Å². The summed E-state index contributed by atoms with van der Waals surface area (Å²) in [7, 11) is 1.72. The van der Waals surface area contributed by atoms with Crippen LogP contribution >= 0.6 is 0 Å². The highest BCUT2D eigenvalue weighted by Crippen LogP contribution is 2.08. The number of nitrogens with one attached hydrogen (secondary N) is 1. The van der Waals surface area contributed by atoms with Crippen molar-refractivity contribution >= 4 is 11.8 Å². The van der Waals surface area contributed by atoms with Crippen molar-refractivity contribution in [2.45, 2.75) is 26.4 Å². The highest BCUT2D eigenvalue weighted by molar-refractivity contribution is 5.96. The first kappa shape index (κ1) is 16.7. The average Bonchev–Trinajstić information content (AvgIpc) is 2.54. The van der Waals surface area contributed by atoms with E-state index in [1.54, 1.807) is 30.1 Å². The Labute approximate surface area is 136 Å². The minimum absolute atomic E-state index is 0.0180. The van der Waals surface area contributed by atoms with Crippen LogP contribution in [0.4, 0.5) is 0 Å². The standard InChI is InChI=1S/C18H21N3O2/c1-13(2)19-17(22)15-10-7-11-16(20-15)18(23)21(3)12-14-8-5-4-6-9-14/h4-11,13H,12H2,1-3H3,(H,19,22). The second kappa shape index (κ2) is 7.54. The van der Waals surface area contributed by atoms with Crippen LogP contribution < -0.4 is 5.32 Å². The monoisotopic (exact) mass is 311 g/mol. The molecule has 0 bridgehead atoms. The maximum atomic E-state index is 12.5. The van der Waals surface area contributed by atoms with E-state index in [0.717, 1.165) is 5.56 Å². The molecule has 0 aliphatic heterocycles. The molecule has 5 nitrogen and oxygen atoms in total. The Bertz CT molecular complexity index is 684. The summed E-state index contributed by atoms with van der Waals surface area (Å²) in [5.74, 6) is -0.492. The zero-order chi connectivity index (χ0) is 16.8. The number of hydrogen-bond donors (Lipinski definition) is 1. The number of carbonyl (C=O) groups is 2. The summed E-state index contributed by atoms with van der Waals surface area (Å²) < 4.78 is 0. The van der Waals surface area contributed by atoms with E-state index < -0.39 is 0 Å². The summed E-state index contributed by atoms with van der Waals surface area (Å²) in [4.78, 5) is 30.2. The van der Waals surface area contributed by atoms with E-state index in [1.165, 1.54) is 0 Å². The Hall–Kier alpha value is -2.69. The Morgan fingerprint density at radius 3 is 2.35 bits per heavy atom. The Morgan fingerprint density at radius 2 is 1.70 bits per heavy atom. The van der Waals surface area contributed by atoms with Crippen LogP contribution in [-0.2, 0) is 6.54 Å². The summed E-state index contributed by atoms with van der Waals surface area (Å²) >= 11 is 0. The van der Waals surface area contributed by atoms with E-state index in [2.05, 4.69) is 10.3 Å². The second-order valence-electron chi connectivity index (χ2n) is 5.68. The Balaban J connectivity index is 2.11. The molecule has 1 aromatic carbocycles. The number of rotatable bonds is 5. The van der Waals surface area contributed by atoms with Crippen molar-refractivity contribution < 1.29 is 9.59 Å². The van der Waals surface area contributed by atoms with Crippen molar-refractivity contribution in [3.8, 4) is 0 Å². The molecule has 2 rings (SSSR count). The molecule has 23 heavy (non-hydrogen) atoms. The molecule has 2 aromatic rings. The highest BCUT2D eigenvalue weighted by Gasteiger charge is 2.16. The van der Waals surface area contributed by atoms with Gasteiger partial charge in [0.1, 0.15) is 11.4 Å². The molecule has 0 saturated carbocycles. The number of amides is 2. The van der Waals surface area contributed by atoms with Crippen molar-refractivity contribution in [1.82, 2.24) is 15.2 Å². The van der Waals surface area contributed by atoms with E-state index in [9.17, 15) is 9.59 Å². The van der Waals surface area contributed by atoms with Crippen molar-refractivity contribution in [2.75, 3.05) is 7.05 Å². The van der Waals surface area contributed by atoms with E-state index >= 15 is 0 Å². The van der Waals surface area contributed by atoms with Gasteiger partial charge >= 0.3 is 0 Å². The summed E-state index contributed by atoms with van der Waals surface area (Å²) in [6.45, 7) is 4.24. The smallest absolute Gasteiger partial charge is 0.272 e. The van der Waals surface area contributed by atoms with Crippen molar-refractivity contribution in [3.05, 3.63) is 65.5 Å². The fraction of sp³-hybridized carbons (Fsp3) is 0.278. The first-order valence-electron chi connectivity index (χ1n) is 7.54. The molecular formula is C18H21N3O2. The van der Waals surface area contributed by atoms with Gasteiger partial charge in [-0.25, -0.2) is 4.98 Å². The fourth-order valence-corrected chi connectivity index (χ4v) is 2.14. The van der Waals surface area contributed by atoms with Gasteiger partial charge in [0.25, 0.3) is 11.8 Å². The number of benzene rings is 1. The maximum absolute atomic E-state index is 12.5. The molecule has 1 N–H and O–H groups in total. The summed E-state index contributed by atoms with van der Waals surface area (Å²) in [5, 5.41) is 2.77. The van der Waals surface area contributed by atoms with Crippen molar-refractivity contribution in [2.24, 2.45) is 0 Å². The predicted molar refractivity (Wildman–Crippen MR) is 89.1 cm³/mol. The minimum atomic E-state index is -0.277. The molecule has 0 radical (unpaired) electrons. The van der Waals surface area contributed by atoms with Gasteiger partial charge in [-0.15, -0.1) is 0 Å². The molecular weight excluding hydrogens is 290 g/mol. The molecule has 1 aromatic heterocycles. The summed E-state index contributed by atoms with van der Waals surface area (Å²) in [5.41, 5.74) is 1.55. The lowest BCUT2D eigenvalue weighted by molar-refractivity contribution is 0.0779. The fourth-order valence-electron chi connectivity index (χ4n) is 2.14. The van der Waals surface area contributed by atoms with Crippen LogP contribution in [0.15, 0.2) is 48.5 Å². The quantitative estimate of drug-likeness (QED) is 0.923. The molecule has 0 unspecified atom stereocenters. The lowest BCUT2D eigenvalue weighted by atomic mass is 10.2. The summed E-state index contributed by atoms with van der Waals surface area (Å²) in [6.07, 6.45) is 0. The van der Waals surface area contributed by atoms with E-state index in [4.69, 9.17) is 0 Å². The van der Waals surface area contributed by atoms with Gasteiger partial charge < -0.3 is 10.2 Å². The zero-order valence-electron chi connectivity index (χ0n) is 13.6. The van der Waals surface area contributed by atoms with Crippen LogP contribution in [-0.4, -0.2) is 34.8 Å². The third-order valence-electron chi connectivity index (χ3n) is 3.23. The first-order chi connectivity index (χ1) is 11.0. The van der Waals surface area contributed by atoms with E-state index in [1.807, 2.05) is 44.2 Å². The minimum Gasteiger partial charge on any atom is -0.349 e. The van der Waals surface area contributed by atoms with Crippen molar-refractivity contribution in [1.29, 1.82) is 0 Å². The van der Waals surface area contributed by atoms with Crippen LogP contribution in [0, 0.1) is 0 Å². The zero-order valence-corrected chi connectivity index (χ0v) is 13.6. The molecule has 0 atom stereocenters. The molecule has 5 heteroatoms. The number of hydrogen-bond acceptors (Lipinski definition) is 3. The molecule has 0 aliphatic carbocycles. The average molecular weight is 311 g/mol. The molecule has 0 fully saturated rings. The maximum Gasteiger partial charge on any atom is 0.272 e. The number of carbonyl (C=O) groups excluding carboxylic acids is 2. The molecule has 2 amide bonds. The number of aromatic nitrogens is 1. The van der Waals surface area contributed by atoms with Gasteiger partial charge in [0, 0.05) is 19.6 Å². The molecule has 0 saturated heterocycles.